The maximum absolute atomic E-state index is 12.0. The van der Waals surface area contributed by atoms with Crippen LogP contribution in [0.2, 0.25) is 0 Å². The topological polar surface area (TPSA) is 68.0 Å². The van der Waals surface area contributed by atoms with Gasteiger partial charge in [-0.1, -0.05) is 19.9 Å². The number of amides is 1. The van der Waals surface area contributed by atoms with Crippen LogP contribution in [0.15, 0.2) is 24.8 Å². The molecule has 0 aliphatic carbocycles. The first-order chi connectivity index (χ1) is 9.04. The normalized spacial score (nSPS) is 10.9. The van der Waals surface area contributed by atoms with Crippen molar-refractivity contribution in [3.63, 3.8) is 0 Å². The van der Waals surface area contributed by atoms with Crippen LogP contribution in [-0.4, -0.2) is 17.4 Å². The van der Waals surface area contributed by atoms with E-state index in [0.717, 1.165) is 15.9 Å². The lowest BCUT2D eigenvalue weighted by molar-refractivity contribution is 0.0963. The quantitative estimate of drug-likeness (QED) is 0.843. The number of thiophene rings is 1. The average Bonchev–Trinajstić information content (AvgIpc) is 2.73. The summed E-state index contributed by atoms with van der Waals surface area (Å²) in [5.74, 6) is 0.178. The Hall–Kier alpha value is -1.88. The van der Waals surface area contributed by atoms with Crippen LogP contribution in [0.5, 0.6) is 0 Å². The maximum atomic E-state index is 12.0. The van der Waals surface area contributed by atoms with Crippen molar-refractivity contribution in [2.75, 3.05) is 12.3 Å². The number of fused-ring (bicyclic) bond motifs is 1. The summed E-state index contributed by atoms with van der Waals surface area (Å²) in [5.41, 5.74) is 7.53. The van der Waals surface area contributed by atoms with E-state index < -0.39 is 0 Å². The van der Waals surface area contributed by atoms with Crippen molar-refractivity contribution in [1.29, 1.82) is 0 Å². The molecular formula is C14H17N3OS. The number of nitrogens with two attached hydrogens (primary N) is 1. The fraction of sp³-hybridized carbons (Fsp3) is 0.286. The number of hydrogen-bond donors (Lipinski definition) is 2. The summed E-state index contributed by atoms with van der Waals surface area (Å²) in [4.78, 5) is 17.8. The Bertz CT molecular complexity index is 631. The lowest BCUT2D eigenvalue weighted by atomic mass is 10.1. The van der Waals surface area contributed by atoms with Crippen molar-refractivity contribution in [3.05, 3.63) is 35.4 Å². The van der Waals surface area contributed by atoms with Crippen LogP contribution in [-0.2, 0) is 0 Å². The number of nitrogens with zero attached hydrogens (tertiary/aromatic N) is 1. The third kappa shape index (κ3) is 2.61. The van der Waals surface area contributed by atoms with Crippen molar-refractivity contribution in [3.8, 4) is 0 Å². The highest BCUT2D eigenvalue weighted by molar-refractivity contribution is 7.21. The SMILES string of the molecule is C=CCNC(=O)c1sc2nc(C(C)C)ccc2c1N. The van der Waals surface area contributed by atoms with Crippen LogP contribution >= 0.6 is 11.3 Å². The highest BCUT2D eigenvalue weighted by Crippen LogP contribution is 2.33. The number of aromatic nitrogens is 1. The summed E-state index contributed by atoms with van der Waals surface area (Å²) < 4.78 is 0. The molecule has 0 spiro atoms. The van der Waals surface area contributed by atoms with Gasteiger partial charge in [0.2, 0.25) is 0 Å². The molecule has 1 amide bonds. The summed E-state index contributed by atoms with van der Waals surface area (Å²) in [6, 6.07) is 3.90. The van der Waals surface area contributed by atoms with Crippen LogP contribution in [0.4, 0.5) is 5.69 Å². The molecule has 2 heterocycles. The van der Waals surface area contributed by atoms with Gasteiger partial charge in [0, 0.05) is 17.6 Å². The van der Waals surface area contributed by atoms with Crippen LogP contribution in [0.1, 0.15) is 35.1 Å². The summed E-state index contributed by atoms with van der Waals surface area (Å²) in [6.07, 6.45) is 1.64. The van der Waals surface area contributed by atoms with Gasteiger partial charge in [-0.25, -0.2) is 4.98 Å². The van der Waals surface area contributed by atoms with Crippen LogP contribution in [0, 0.1) is 0 Å². The van der Waals surface area contributed by atoms with Gasteiger partial charge in [0.15, 0.2) is 0 Å². The number of hydrogen-bond acceptors (Lipinski definition) is 4. The summed E-state index contributed by atoms with van der Waals surface area (Å²) in [6.45, 7) is 8.17. The number of nitrogen functional groups attached to an aromatic ring is 1. The number of carbonyl (C=O) groups is 1. The molecule has 2 aromatic rings. The van der Waals surface area contributed by atoms with Crippen molar-refractivity contribution >= 4 is 33.1 Å². The van der Waals surface area contributed by atoms with Crippen LogP contribution < -0.4 is 11.1 Å². The smallest absolute Gasteiger partial charge is 0.263 e. The first-order valence-corrected chi connectivity index (χ1v) is 6.94. The van der Waals surface area contributed by atoms with Gasteiger partial charge in [0.1, 0.15) is 9.71 Å². The molecule has 5 heteroatoms. The van der Waals surface area contributed by atoms with E-state index in [1.54, 1.807) is 6.08 Å². The van der Waals surface area contributed by atoms with Crippen LogP contribution in [0.3, 0.4) is 0 Å². The van der Waals surface area contributed by atoms with E-state index >= 15 is 0 Å². The number of nitrogens with one attached hydrogen (secondary N) is 1. The zero-order valence-corrected chi connectivity index (χ0v) is 11.9. The Morgan fingerprint density at radius 3 is 2.95 bits per heavy atom. The van der Waals surface area contributed by atoms with Crippen molar-refractivity contribution in [1.82, 2.24) is 10.3 Å². The summed E-state index contributed by atoms with van der Waals surface area (Å²) in [7, 11) is 0. The van der Waals surface area contributed by atoms with Crippen molar-refractivity contribution in [2.24, 2.45) is 0 Å². The summed E-state index contributed by atoms with van der Waals surface area (Å²) >= 11 is 1.33. The van der Waals surface area contributed by atoms with Gasteiger partial charge >= 0.3 is 0 Å². The molecule has 100 valence electrons. The van der Waals surface area contributed by atoms with Crippen LogP contribution in [0.25, 0.3) is 10.2 Å². The highest BCUT2D eigenvalue weighted by atomic mass is 32.1. The number of carbonyl (C=O) groups excluding carboxylic acids is 1. The first-order valence-electron chi connectivity index (χ1n) is 6.12. The second-order valence-corrected chi connectivity index (χ2v) is 5.59. The third-order valence-electron chi connectivity index (χ3n) is 2.82. The molecule has 0 radical (unpaired) electrons. The highest BCUT2D eigenvalue weighted by Gasteiger charge is 2.17. The Morgan fingerprint density at radius 2 is 2.32 bits per heavy atom. The lowest BCUT2D eigenvalue weighted by Crippen LogP contribution is -2.22. The van der Waals surface area contributed by atoms with Crippen molar-refractivity contribution in [2.45, 2.75) is 19.8 Å². The van der Waals surface area contributed by atoms with E-state index in [1.165, 1.54) is 11.3 Å². The van der Waals surface area contributed by atoms with Gasteiger partial charge in [0.05, 0.1) is 5.69 Å². The number of rotatable bonds is 4. The minimum absolute atomic E-state index is 0.175. The van der Waals surface area contributed by atoms with Gasteiger partial charge < -0.3 is 11.1 Å². The summed E-state index contributed by atoms with van der Waals surface area (Å²) in [5, 5.41) is 3.58. The molecule has 3 N–H and O–H groups in total. The van der Waals surface area contributed by atoms with E-state index in [1.807, 2.05) is 12.1 Å². The van der Waals surface area contributed by atoms with Gasteiger partial charge in [-0.05, 0) is 18.1 Å². The molecule has 4 nitrogen and oxygen atoms in total. The fourth-order valence-corrected chi connectivity index (χ4v) is 2.76. The maximum Gasteiger partial charge on any atom is 0.263 e. The Kier molecular flexibility index (Phi) is 3.85. The molecule has 0 unspecified atom stereocenters. The first kappa shape index (κ1) is 13.5. The second kappa shape index (κ2) is 5.40. The van der Waals surface area contributed by atoms with E-state index in [4.69, 9.17) is 5.73 Å². The minimum Gasteiger partial charge on any atom is -0.397 e. The molecule has 2 rings (SSSR count). The molecule has 0 atom stereocenters. The molecule has 0 saturated carbocycles. The molecular weight excluding hydrogens is 258 g/mol. The molecule has 0 aliphatic heterocycles. The Labute approximate surface area is 116 Å². The average molecular weight is 275 g/mol. The molecule has 0 aromatic carbocycles. The zero-order chi connectivity index (χ0) is 14.0. The minimum atomic E-state index is -0.175. The van der Waals surface area contributed by atoms with Gasteiger partial charge in [-0.2, -0.15) is 0 Å². The zero-order valence-electron chi connectivity index (χ0n) is 11.1. The third-order valence-corrected chi connectivity index (χ3v) is 3.93. The molecule has 0 saturated heterocycles. The van der Waals surface area contributed by atoms with Gasteiger partial charge in [0.25, 0.3) is 5.91 Å². The Morgan fingerprint density at radius 1 is 1.58 bits per heavy atom. The molecule has 19 heavy (non-hydrogen) atoms. The molecule has 0 bridgehead atoms. The predicted octanol–water partition coefficient (Wildman–Crippen LogP) is 2.92. The van der Waals surface area contributed by atoms with E-state index in [2.05, 4.69) is 30.7 Å². The van der Waals surface area contributed by atoms with Gasteiger partial charge in [-0.15, -0.1) is 17.9 Å². The van der Waals surface area contributed by atoms with E-state index in [9.17, 15) is 4.79 Å². The molecule has 2 aromatic heterocycles. The van der Waals surface area contributed by atoms with Crippen molar-refractivity contribution < 1.29 is 4.79 Å². The van der Waals surface area contributed by atoms with E-state index in [-0.39, 0.29) is 5.91 Å². The van der Waals surface area contributed by atoms with E-state index in [0.29, 0.717) is 23.0 Å². The number of anilines is 1. The largest absolute Gasteiger partial charge is 0.397 e. The predicted molar refractivity (Wildman–Crippen MR) is 80.7 cm³/mol. The van der Waals surface area contributed by atoms with Gasteiger partial charge in [-0.3, -0.25) is 4.79 Å². The lowest BCUT2D eigenvalue weighted by Gasteiger charge is -2.03. The molecule has 0 fully saturated rings. The monoisotopic (exact) mass is 275 g/mol. The second-order valence-electron chi connectivity index (χ2n) is 4.59. The molecule has 0 aliphatic rings. The standard InChI is InChI=1S/C14H17N3OS/c1-4-7-16-13(18)12-11(15)9-5-6-10(8(2)3)17-14(9)19-12/h4-6,8H,1,7,15H2,2-3H3,(H,16,18). The number of pyridine rings is 1. The fourth-order valence-electron chi connectivity index (χ4n) is 1.75. The Balaban J connectivity index is 2.44.